The fraction of sp³-hybridized carbons (Fsp3) is 0.933. The van der Waals surface area contributed by atoms with Gasteiger partial charge in [0.25, 0.3) is 0 Å². The number of nitrogens with zero attached hydrogens (tertiary/aromatic N) is 3. The van der Waals surface area contributed by atoms with Crippen LogP contribution in [0.2, 0.25) is 0 Å². The van der Waals surface area contributed by atoms with Gasteiger partial charge >= 0.3 is 0 Å². The third-order valence-corrected chi connectivity index (χ3v) is 4.33. The molecule has 8 heteroatoms. The largest absolute Gasteiger partial charge is 0.380 e. The van der Waals surface area contributed by atoms with Crippen LogP contribution in [0.3, 0.4) is 0 Å². The van der Waals surface area contributed by atoms with Crippen LogP contribution in [0.15, 0.2) is 0 Å². The summed E-state index contributed by atoms with van der Waals surface area (Å²) in [6.07, 6.45) is 0.666. The molecule has 2 saturated heterocycles. The van der Waals surface area contributed by atoms with Gasteiger partial charge in [0.2, 0.25) is 5.91 Å². The number of amides is 1. The van der Waals surface area contributed by atoms with Crippen molar-refractivity contribution in [1.82, 2.24) is 20.0 Å². The molecule has 0 saturated carbocycles. The van der Waals surface area contributed by atoms with Gasteiger partial charge in [-0.1, -0.05) is 0 Å². The molecule has 6 nitrogen and oxygen atoms in total. The summed E-state index contributed by atoms with van der Waals surface area (Å²) in [5, 5.41) is 3.28. The van der Waals surface area contributed by atoms with Crippen molar-refractivity contribution in [2.45, 2.75) is 13.3 Å². The average Bonchev–Trinajstić information content (AvgIpc) is 2.55. The lowest BCUT2D eigenvalue weighted by molar-refractivity contribution is -0.132. The van der Waals surface area contributed by atoms with E-state index >= 15 is 0 Å². The molecule has 2 aliphatic heterocycles. The lowest BCUT2D eigenvalue weighted by Gasteiger charge is -2.35. The van der Waals surface area contributed by atoms with Crippen LogP contribution in [-0.2, 0) is 9.53 Å². The highest BCUT2D eigenvalue weighted by Crippen LogP contribution is 2.04. The highest BCUT2D eigenvalue weighted by molar-refractivity contribution is 5.85. The Kier molecular flexibility index (Phi) is 13.1. The molecule has 0 radical (unpaired) electrons. The van der Waals surface area contributed by atoms with Crippen LogP contribution in [0, 0.1) is 0 Å². The number of halogens is 2. The van der Waals surface area contributed by atoms with Crippen molar-refractivity contribution in [3.63, 3.8) is 0 Å². The van der Waals surface area contributed by atoms with Gasteiger partial charge in [0.15, 0.2) is 0 Å². The molecule has 0 aromatic carbocycles. The van der Waals surface area contributed by atoms with Gasteiger partial charge in [0, 0.05) is 78.5 Å². The maximum absolute atomic E-state index is 12.1. The molecule has 2 rings (SSSR count). The smallest absolute Gasteiger partial charge is 0.223 e. The molecule has 0 atom stereocenters. The summed E-state index contributed by atoms with van der Waals surface area (Å²) in [5.41, 5.74) is 0. The molecule has 0 spiro atoms. The monoisotopic (exact) mass is 370 g/mol. The molecule has 0 unspecified atom stereocenters. The third-order valence-electron chi connectivity index (χ3n) is 4.33. The molecule has 0 aliphatic carbocycles. The van der Waals surface area contributed by atoms with Crippen molar-refractivity contribution in [3.05, 3.63) is 0 Å². The van der Waals surface area contributed by atoms with Crippen molar-refractivity contribution in [1.29, 1.82) is 0 Å². The van der Waals surface area contributed by atoms with Crippen LogP contribution >= 0.6 is 24.8 Å². The highest BCUT2D eigenvalue weighted by atomic mass is 35.5. The molecule has 1 amide bonds. The zero-order valence-corrected chi connectivity index (χ0v) is 15.8. The van der Waals surface area contributed by atoms with E-state index in [1.165, 1.54) is 0 Å². The number of nitrogens with one attached hydrogen (secondary N) is 1. The molecule has 2 fully saturated rings. The molecule has 2 aliphatic rings. The highest BCUT2D eigenvalue weighted by Gasteiger charge is 2.20. The van der Waals surface area contributed by atoms with Crippen molar-refractivity contribution < 1.29 is 9.53 Å². The lowest BCUT2D eigenvalue weighted by Crippen LogP contribution is -2.49. The average molecular weight is 371 g/mol. The molecule has 1 N–H and O–H groups in total. The zero-order chi connectivity index (χ0) is 14.9. The molecule has 0 bridgehead atoms. The first-order valence-corrected chi connectivity index (χ1v) is 8.30. The Labute approximate surface area is 152 Å². The number of piperazine rings is 2. The van der Waals surface area contributed by atoms with Crippen LogP contribution in [0.1, 0.15) is 13.3 Å². The Morgan fingerprint density at radius 3 is 2.09 bits per heavy atom. The third kappa shape index (κ3) is 8.52. The van der Waals surface area contributed by atoms with E-state index in [1.54, 1.807) is 0 Å². The van der Waals surface area contributed by atoms with E-state index in [0.29, 0.717) is 12.3 Å². The molecular weight excluding hydrogens is 339 g/mol. The summed E-state index contributed by atoms with van der Waals surface area (Å²) >= 11 is 0. The van der Waals surface area contributed by atoms with Crippen molar-refractivity contribution >= 4 is 30.7 Å². The first-order chi connectivity index (χ1) is 10.3. The number of hydrogen-bond acceptors (Lipinski definition) is 5. The SMILES string of the molecule is CCOCCN1CCN(CCC(=O)N2CCNCC2)CC1.Cl.Cl. The van der Waals surface area contributed by atoms with E-state index in [1.807, 2.05) is 11.8 Å². The summed E-state index contributed by atoms with van der Waals surface area (Å²) in [6, 6.07) is 0. The summed E-state index contributed by atoms with van der Waals surface area (Å²) < 4.78 is 5.40. The minimum atomic E-state index is 0. The Balaban J connectivity index is 0.00000242. The van der Waals surface area contributed by atoms with Gasteiger partial charge in [-0.3, -0.25) is 9.69 Å². The second-order valence-corrected chi connectivity index (χ2v) is 5.76. The molecule has 2 heterocycles. The van der Waals surface area contributed by atoms with Crippen LogP contribution < -0.4 is 5.32 Å². The van der Waals surface area contributed by atoms with Gasteiger partial charge in [-0.05, 0) is 6.92 Å². The summed E-state index contributed by atoms with van der Waals surface area (Å²) in [6.45, 7) is 13.5. The second kappa shape index (κ2) is 13.2. The summed E-state index contributed by atoms with van der Waals surface area (Å²) in [7, 11) is 0. The van der Waals surface area contributed by atoms with Gasteiger partial charge in [-0.15, -0.1) is 24.8 Å². The van der Waals surface area contributed by atoms with E-state index in [-0.39, 0.29) is 24.8 Å². The van der Waals surface area contributed by atoms with Crippen molar-refractivity contribution in [2.75, 3.05) is 78.7 Å². The van der Waals surface area contributed by atoms with E-state index in [4.69, 9.17) is 4.74 Å². The quantitative estimate of drug-likeness (QED) is 0.653. The summed E-state index contributed by atoms with van der Waals surface area (Å²) in [5.74, 6) is 0.315. The number of hydrogen-bond donors (Lipinski definition) is 1. The maximum Gasteiger partial charge on any atom is 0.223 e. The Morgan fingerprint density at radius 1 is 0.957 bits per heavy atom. The number of carbonyl (C=O) groups excluding carboxylic acids is 1. The fourth-order valence-electron chi connectivity index (χ4n) is 2.90. The van der Waals surface area contributed by atoms with E-state index < -0.39 is 0 Å². The Morgan fingerprint density at radius 2 is 1.52 bits per heavy atom. The molecule has 138 valence electrons. The first kappa shape index (κ1) is 22.9. The maximum atomic E-state index is 12.1. The number of carbonyl (C=O) groups is 1. The van der Waals surface area contributed by atoms with Gasteiger partial charge < -0.3 is 19.9 Å². The number of ether oxygens (including phenoxy) is 1. The fourth-order valence-corrected chi connectivity index (χ4v) is 2.90. The van der Waals surface area contributed by atoms with Gasteiger partial charge in [-0.2, -0.15) is 0 Å². The standard InChI is InChI=1S/C15H30N4O2.2ClH/c1-2-21-14-13-18-11-9-17(10-12-18)6-3-15(20)19-7-4-16-5-8-19;;/h16H,2-14H2,1H3;2*1H. The van der Waals surface area contributed by atoms with Gasteiger partial charge in [-0.25, -0.2) is 0 Å². The normalized spacial score (nSPS) is 19.8. The molecule has 23 heavy (non-hydrogen) atoms. The van der Waals surface area contributed by atoms with E-state index in [0.717, 1.165) is 78.7 Å². The van der Waals surface area contributed by atoms with Crippen LogP contribution in [0.5, 0.6) is 0 Å². The predicted octanol–water partition coefficient (Wildman–Crippen LogP) is 0.306. The minimum absolute atomic E-state index is 0. The Bertz CT molecular complexity index is 310. The Hall–Kier alpha value is -0.110. The summed E-state index contributed by atoms with van der Waals surface area (Å²) in [4.78, 5) is 19.0. The number of rotatable bonds is 7. The van der Waals surface area contributed by atoms with Gasteiger partial charge in [0.05, 0.1) is 6.61 Å². The second-order valence-electron chi connectivity index (χ2n) is 5.76. The first-order valence-electron chi connectivity index (χ1n) is 8.30. The van der Waals surface area contributed by atoms with E-state index in [9.17, 15) is 4.79 Å². The van der Waals surface area contributed by atoms with Gasteiger partial charge in [0.1, 0.15) is 0 Å². The zero-order valence-electron chi connectivity index (χ0n) is 14.2. The molecular formula is C15H32Cl2N4O2. The van der Waals surface area contributed by atoms with Crippen LogP contribution in [-0.4, -0.2) is 99.3 Å². The van der Waals surface area contributed by atoms with Crippen LogP contribution in [0.4, 0.5) is 0 Å². The molecule has 0 aromatic heterocycles. The molecule has 0 aromatic rings. The van der Waals surface area contributed by atoms with E-state index in [2.05, 4.69) is 15.1 Å². The van der Waals surface area contributed by atoms with Crippen molar-refractivity contribution in [2.24, 2.45) is 0 Å². The minimum Gasteiger partial charge on any atom is -0.380 e. The predicted molar refractivity (Wildman–Crippen MR) is 97.9 cm³/mol. The van der Waals surface area contributed by atoms with Crippen LogP contribution in [0.25, 0.3) is 0 Å². The topological polar surface area (TPSA) is 48.1 Å². The lowest BCUT2D eigenvalue weighted by atomic mass is 10.2. The van der Waals surface area contributed by atoms with Crippen molar-refractivity contribution in [3.8, 4) is 0 Å².